The molecular weight excluding hydrogens is 227 g/mol. The van der Waals surface area contributed by atoms with Gasteiger partial charge in [0.2, 0.25) is 0 Å². The lowest BCUT2D eigenvalue weighted by Crippen LogP contribution is -2.17. The third kappa shape index (κ3) is 2.80. The van der Waals surface area contributed by atoms with Crippen LogP contribution in [0, 0.1) is 5.82 Å². The second kappa shape index (κ2) is 5.54. The second-order valence-corrected chi connectivity index (χ2v) is 4.26. The Bertz CT molecular complexity index is 511. The van der Waals surface area contributed by atoms with Crippen LogP contribution in [0.3, 0.4) is 0 Å². The van der Waals surface area contributed by atoms with Gasteiger partial charge in [-0.2, -0.15) is 0 Å². The van der Waals surface area contributed by atoms with Crippen molar-refractivity contribution in [3.63, 3.8) is 0 Å². The number of nitrogens with one attached hydrogen (secondary N) is 1. The van der Waals surface area contributed by atoms with E-state index in [0.29, 0.717) is 12.2 Å². The van der Waals surface area contributed by atoms with Crippen molar-refractivity contribution in [2.45, 2.75) is 6.54 Å². The molecule has 2 aromatic carbocycles. The minimum Gasteiger partial charge on any atom is -0.388 e. The van der Waals surface area contributed by atoms with Gasteiger partial charge in [0.15, 0.2) is 0 Å². The molecule has 2 aromatic rings. The third-order valence-electron chi connectivity index (χ3n) is 2.91. The maximum absolute atomic E-state index is 13.9. The van der Waals surface area contributed by atoms with E-state index >= 15 is 0 Å². The van der Waals surface area contributed by atoms with Gasteiger partial charge in [0.25, 0.3) is 0 Å². The molecule has 0 aliphatic rings. The molecule has 1 N–H and O–H groups in total. The number of hydrogen-bond acceptors (Lipinski definition) is 2. The summed E-state index contributed by atoms with van der Waals surface area (Å²) in [5.41, 5.74) is 2.55. The van der Waals surface area contributed by atoms with E-state index in [1.54, 1.807) is 13.1 Å². The Labute approximate surface area is 107 Å². The molecule has 0 bridgehead atoms. The first-order chi connectivity index (χ1) is 8.70. The average molecular weight is 244 g/mol. The van der Waals surface area contributed by atoms with Gasteiger partial charge in [-0.25, -0.2) is 4.39 Å². The first kappa shape index (κ1) is 12.4. The normalized spacial score (nSPS) is 10.2. The van der Waals surface area contributed by atoms with E-state index in [1.165, 1.54) is 6.07 Å². The van der Waals surface area contributed by atoms with E-state index in [9.17, 15) is 4.39 Å². The van der Waals surface area contributed by atoms with Gasteiger partial charge in [-0.3, -0.25) is 0 Å². The topological polar surface area (TPSA) is 15.3 Å². The number of nitrogens with zero attached hydrogens (tertiary/aromatic N) is 1. The van der Waals surface area contributed by atoms with Gasteiger partial charge in [0.05, 0.1) is 5.69 Å². The molecule has 2 nitrogen and oxygen atoms in total. The molecule has 0 heterocycles. The highest BCUT2D eigenvalue weighted by Gasteiger charge is 2.08. The molecule has 0 unspecified atom stereocenters. The fourth-order valence-corrected chi connectivity index (χ4v) is 1.91. The van der Waals surface area contributed by atoms with Crippen molar-refractivity contribution in [1.29, 1.82) is 0 Å². The summed E-state index contributed by atoms with van der Waals surface area (Å²) in [5.74, 6) is -0.208. The van der Waals surface area contributed by atoms with Crippen LogP contribution in [-0.4, -0.2) is 14.1 Å². The van der Waals surface area contributed by atoms with E-state index < -0.39 is 0 Å². The predicted molar refractivity (Wildman–Crippen MR) is 74.5 cm³/mol. The first-order valence-corrected chi connectivity index (χ1v) is 5.93. The average Bonchev–Trinajstić information content (AvgIpc) is 2.39. The van der Waals surface area contributed by atoms with Crippen LogP contribution in [0.25, 0.3) is 0 Å². The summed E-state index contributed by atoms with van der Waals surface area (Å²) in [5, 5.41) is 2.93. The number of rotatable bonds is 4. The van der Waals surface area contributed by atoms with E-state index in [0.717, 1.165) is 11.3 Å². The molecular formula is C15H17FN2. The summed E-state index contributed by atoms with van der Waals surface area (Å²) < 4.78 is 13.9. The SMILES string of the molecule is CNc1ccc(N(C)Cc2ccccc2)c(F)c1. The molecule has 94 valence electrons. The quantitative estimate of drug-likeness (QED) is 0.885. The molecule has 18 heavy (non-hydrogen) atoms. The smallest absolute Gasteiger partial charge is 0.148 e. The third-order valence-corrected chi connectivity index (χ3v) is 2.91. The van der Waals surface area contributed by atoms with Crippen molar-refractivity contribution < 1.29 is 4.39 Å². The molecule has 2 rings (SSSR count). The lowest BCUT2D eigenvalue weighted by atomic mass is 10.2. The fourth-order valence-electron chi connectivity index (χ4n) is 1.91. The van der Waals surface area contributed by atoms with Crippen LogP contribution in [0.2, 0.25) is 0 Å². The van der Waals surface area contributed by atoms with Crippen LogP contribution >= 0.6 is 0 Å². The Hall–Kier alpha value is -2.03. The van der Waals surface area contributed by atoms with E-state index in [1.807, 2.05) is 48.3 Å². The summed E-state index contributed by atoms with van der Waals surface area (Å²) in [7, 11) is 3.67. The first-order valence-electron chi connectivity index (χ1n) is 5.93. The van der Waals surface area contributed by atoms with Gasteiger partial charge in [0.1, 0.15) is 5.82 Å². The lowest BCUT2D eigenvalue weighted by molar-refractivity contribution is 0.623. The standard InChI is InChI=1S/C15H17FN2/c1-17-13-8-9-15(14(16)10-13)18(2)11-12-6-4-3-5-7-12/h3-10,17H,11H2,1-2H3. The maximum Gasteiger partial charge on any atom is 0.148 e. The zero-order chi connectivity index (χ0) is 13.0. The van der Waals surface area contributed by atoms with Crippen molar-refractivity contribution in [1.82, 2.24) is 0 Å². The Kier molecular flexibility index (Phi) is 3.82. The number of hydrogen-bond donors (Lipinski definition) is 1. The van der Waals surface area contributed by atoms with Crippen LogP contribution in [-0.2, 0) is 6.54 Å². The maximum atomic E-state index is 13.9. The van der Waals surface area contributed by atoms with Crippen molar-refractivity contribution in [2.24, 2.45) is 0 Å². The van der Waals surface area contributed by atoms with Crippen LogP contribution in [0.1, 0.15) is 5.56 Å². The molecule has 0 aromatic heterocycles. The van der Waals surface area contributed by atoms with Crippen LogP contribution < -0.4 is 10.2 Å². The summed E-state index contributed by atoms with van der Waals surface area (Å²) in [4.78, 5) is 1.91. The van der Waals surface area contributed by atoms with Gasteiger partial charge >= 0.3 is 0 Å². The molecule has 0 fully saturated rings. The molecule has 0 amide bonds. The van der Waals surface area contributed by atoms with Crippen molar-refractivity contribution in [2.75, 3.05) is 24.3 Å². The van der Waals surface area contributed by atoms with E-state index in [2.05, 4.69) is 5.32 Å². The monoisotopic (exact) mass is 244 g/mol. The van der Waals surface area contributed by atoms with Crippen LogP contribution in [0.15, 0.2) is 48.5 Å². The Morgan fingerprint density at radius 1 is 1.11 bits per heavy atom. The van der Waals surface area contributed by atoms with Crippen molar-refractivity contribution in [3.05, 3.63) is 59.9 Å². The summed E-state index contributed by atoms with van der Waals surface area (Å²) in [6, 6.07) is 15.2. The van der Waals surface area contributed by atoms with E-state index in [-0.39, 0.29) is 5.82 Å². The predicted octanol–water partition coefficient (Wildman–Crippen LogP) is 3.50. The minimum atomic E-state index is -0.208. The highest BCUT2D eigenvalue weighted by Crippen LogP contribution is 2.23. The highest BCUT2D eigenvalue weighted by molar-refractivity contribution is 5.55. The largest absolute Gasteiger partial charge is 0.388 e. The molecule has 0 saturated carbocycles. The van der Waals surface area contributed by atoms with Crippen LogP contribution in [0.4, 0.5) is 15.8 Å². The molecule has 0 spiro atoms. The van der Waals surface area contributed by atoms with Gasteiger partial charge in [-0.15, -0.1) is 0 Å². The number of anilines is 2. The van der Waals surface area contributed by atoms with Crippen molar-refractivity contribution in [3.8, 4) is 0 Å². The molecule has 0 aliphatic heterocycles. The summed E-state index contributed by atoms with van der Waals surface area (Å²) >= 11 is 0. The van der Waals surface area contributed by atoms with E-state index in [4.69, 9.17) is 0 Å². The summed E-state index contributed by atoms with van der Waals surface area (Å²) in [6.45, 7) is 0.691. The number of benzene rings is 2. The molecule has 0 radical (unpaired) electrons. The second-order valence-electron chi connectivity index (χ2n) is 4.26. The zero-order valence-electron chi connectivity index (χ0n) is 10.7. The van der Waals surface area contributed by atoms with Gasteiger partial charge in [-0.1, -0.05) is 30.3 Å². The molecule has 0 saturated heterocycles. The highest BCUT2D eigenvalue weighted by atomic mass is 19.1. The number of halogens is 1. The Morgan fingerprint density at radius 2 is 1.83 bits per heavy atom. The van der Waals surface area contributed by atoms with Gasteiger partial charge in [-0.05, 0) is 23.8 Å². The molecule has 3 heteroatoms. The Balaban J connectivity index is 2.16. The molecule has 0 atom stereocenters. The zero-order valence-corrected chi connectivity index (χ0v) is 10.7. The Morgan fingerprint density at radius 3 is 2.44 bits per heavy atom. The van der Waals surface area contributed by atoms with Gasteiger partial charge in [0, 0.05) is 26.3 Å². The minimum absolute atomic E-state index is 0.208. The van der Waals surface area contributed by atoms with Gasteiger partial charge < -0.3 is 10.2 Å². The fraction of sp³-hybridized carbons (Fsp3) is 0.200. The molecule has 0 aliphatic carbocycles. The van der Waals surface area contributed by atoms with Crippen molar-refractivity contribution >= 4 is 11.4 Å². The summed E-state index contributed by atoms with van der Waals surface area (Å²) in [6.07, 6.45) is 0. The van der Waals surface area contributed by atoms with Crippen LogP contribution in [0.5, 0.6) is 0 Å². The lowest BCUT2D eigenvalue weighted by Gasteiger charge is -2.20.